The van der Waals surface area contributed by atoms with Crippen molar-refractivity contribution in [2.24, 2.45) is 0 Å². The van der Waals surface area contributed by atoms with E-state index in [0.29, 0.717) is 46.3 Å². The summed E-state index contributed by atoms with van der Waals surface area (Å²) in [5.74, 6) is 0.870. The number of anilines is 2. The first-order valence-electron chi connectivity index (χ1n) is 13.0. The average molecular weight is 575 g/mol. The highest BCUT2D eigenvalue weighted by Gasteiger charge is 2.29. The van der Waals surface area contributed by atoms with Crippen LogP contribution < -0.4 is 35.6 Å². The molecule has 1 heterocycles. The van der Waals surface area contributed by atoms with Crippen LogP contribution in [0.1, 0.15) is 30.5 Å². The zero-order chi connectivity index (χ0) is 29.1. The molecule has 1 aliphatic rings. The second-order valence-corrected chi connectivity index (χ2v) is 10.5. The van der Waals surface area contributed by atoms with E-state index in [9.17, 15) is 14.4 Å². The summed E-state index contributed by atoms with van der Waals surface area (Å²) in [5, 5.41) is 9.22. The van der Waals surface area contributed by atoms with Crippen molar-refractivity contribution in [2.75, 3.05) is 38.5 Å². The van der Waals surface area contributed by atoms with Crippen molar-refractivity contribution in [1.82, 2.24) is 10.3 Å². The van der Waals surface area contributed by atoms with Gasteiger partial charge < -0.3 is 30.2 Å². The van der Waals surface area contributed by atoms with Gasteiger partial charge in [-0.15, -0.1) is 0 Å². The van der Waals surface area contributed by atoms with Gasteiger partial charge in [-0.2, -0.15) is 0 Å². The van der Waals surface area contributed by atoms with Crippen molar-refractivity contribution in [1.29, 1.82) is 0 Å². The molecule has 41 heavy (non-hydrogen) atoms. The lowest BCUT2D eigenvalue weighted by molar-refractivity contribution is -0.119. The van der Waals surface area contributed by atoms with Gasteiger partial charge in [0.15, 0.2) is 16.6 Å². The first kappa shape index (κ1) is 27.9. The number of carbonyl (C=O) groups is 2. The summed E-state index contributed by atoms with van der Waals surface area (Å²) in [4.78, 5) is 42.7. The highest BCUT2D eigenvalue weighted by atomic mass is 32.1. The third-order valence-electron chi connectivity index (χ3n) is 6.90. The monoisotopic (exact) mass is 574 g/mol. The summed E-state index contributed by atoms with van der Waals surface area (Å²) >= 11 is 1.38. The summed E-state index contributed by atoms with van der Waals surface area (Å²) in [6.45, 7) is 1.31. The summed E-state index contributed by atoms with van der Waals surface area (Å²) < 4.78 is 18.0. The van der Waals surface area contributed by atoms with Gasteiger partial charge in [0.1, 0.15) is 0 Å². The number of nitrogens with zero attached hydrogens (tertiary/aromatic N) is 1. The number of methoxy groups -OCH3 is 3. The van der Waals surface area contributed by atoms with Crippen molar-refractivity contribution in [3.8, 4) is 28.4 Å². The SMILES string of the molecule is COc1cc2c(c(OC)c1OC)-c1ccc(NCC(=O)Nc3nc4ccccc4s3)c(=O)cc1[C@@H](NC(C)=O)CC2. The maximum Gasteiger partial charge on any atom is 0.245 e. The van der Waals surface area contributed by atoms with Crippen LogP contribution in [-0.4, -0.2) is 44.7 Å². The van der Waals surface area contributed by atoms with Crippen molar-refractivity contribution >= 4 is 44.2 Å². The first-order valence-corrected chi connectivity index (χ1v) is 13.8. The number of aromatic nitrogens is 1. The van der Waals surface area contributed by atoms with Gasteiger partial charge >= 0.3 is 0 Å². The summed E-state index contributed by atoms with van der Waals surface area (Å²) in [6.07, 6.45) is 1.15. The number of ether oxygens (including phenoxy) is 3. The number of thiazole rings is 1. The first-order chi connectivity index (χ1) is 19.8. The van der Waals surface area contributed by atoms with Crippen LogP contribution in [0.2, 0.25) is 0 Å². The van der Waals surface area contributed by atoms with E-state index in [1.165, 1.54) is 31.4 Å². The van der Waals surface area contributed by atoms with E-state index in [2.05, 4.69) is 20.9 Å². The molecule has 1 atom stereocenters. The van der Waals surface area contributed by atoms with E-state index in [0.717, 1.165) is 21.3 Å². The lowest BCUT2D eigenvalue weighted by Gasteiger charge is -2.19. The average Bonchev–Trinajstić information content (AvgIpc) is 3.22. The van der Waals surface area contributed by atoms with Crippen LogP contribution in [0.4, 0.5) is 10.8 Å². The van der Waals surface area contributed by atoms with Crippen LogP contribution in [0.25, 0.3) is 21.3 Å². The van der Waals surface area contributed by atoms with E-state index in [1.807, 2.05) is 30.3 Å². The Labute approximate surface area is 240 Å². The van der Waals surface area contributed by atoms with Gasteiger partial charge in [0, 0.05) is 12.5 Å². The van der Waals surface area contributed by atoms with E-state index in [1.54, 1.807) is 26.4 Å². The van der Waals surface area contributed by atoms with Gasteiger partial charge in [-0.1, -0.05) is 29.5 Å². The highest BCUT2D eigenvalue weighted by Crippen LogP contribution is 2.50. The topological polar surface area (TPSA) is 128 Å². The molecule has 3 aromatic carbocycles. The van der Waals surface area contributed by atoms with Crippen LogP contribution in [0.15, 0.2) is 53.3 Å². The molecular formula is C30H30N4O6S. The molecule has 0 saturated heterocycles. The second kappa shape index (κ2) is 11.8. The molecule has 0 saturated carbocycles. The number of rotatable bonds is 8. The Balaban J connectivity index is 1.51. The Morgan fingerprint density at radius 2 is 1.80 bits per heavy atom. The van der Waals surface area contributed by atoms with Crippen molar-refractivity contribution in [3.63, 3.8) is 0 Å². The Kier molecular flexibility index (Phi) is 8.06. The van der Waals surface area contributed by atoms with Gasteiger partial charge in [-0.25, -0.2) is 4.98 Å². The number of amides is 2. The molecule has 0 radical (unpaired) electrons. The van der Waals surface area contributed by atoms with Crippen LogP contribution in [0.5, 0.6) is 17.2 Å². The minimum atomic E-state index is -0.424. The number of carbonyl (C=O) groups excluding carboxylic acids is 2. The lowest BCUT2D eigenvalue weighted by Crippen LogP contribution is -2.27. The Bertz CT molecular complexity index is 1670. The third kappa shape index (κ3) is 5.66. The zero-order valence-electron chi connectivity index (χ0n) is 23.1. The highest BCUT2D eigenvalue weighted by molar-refractivity contribution is 7.22. The van der Waals surface area contributed by atoms with Gasteiger partial charge in [0.05, 0.1) is 49.8 Å². The molecule has 0 bridgehead atoms. The Hall–Kier alpha value is -4.64. The normalized spacial score (nSPS) is 13.8. The summed E-state index contributed by atoms with van der Waals surface area (Å²) in [5.41, 5.74) is 3.75. The van der Waals surface area contributed by atoms with Crippen molar-refractivity contribution < 1.29 is 23.8 Å². The molecule has 0 aliphatic heterocycles. The number of hydrogen-bond acceptors (Lipinski definition) is 9. The Morgan fingerprint density at radius 3 is 2.51 bits per heavy atom. The van der Waals surface area contributed by atoms with Crippen molar-refractivity contribution in [2.45, 2.75) is 25.8 Å². The molecule has 1 aliphatic carbocycles. The fourth-order valence-corrected chi connectivity index (χ4v) is 6.00. The van der Waals surface area contributed by atoms with E-state index in [-0.39, 0.29) is 29.5 Å². The van der Waals surface area contributed by atoms with E-state index >= 15 is 0 Å². The quantitative estimate of drug-likeness (QED) is 0.280. The molecule has 0 fully saturated rings. The number of hydrogen-bond donors (Lipinski definition) is 3. The number of nitrogens with one attached hydrogen (secondary N) is 3. The predicted molar refractivity (Wildman–Crippen MR) is 159 cm³/mol. The molecule has 212 valence electrons. The molecule has 0 spiro atoms. The zero-order valence-corrected chi connectivity index (χ0v) is 23.9. The lowest BCUT2D eigenvalue weighted by atomic mass is 9.95. The standard InChI is InChI=1S/C30H30N4O6S/c1-16(35)32-20-11-9-17-13-24(38-2)28(39-3)29(40-4)27(17)18-10-12-21(23(36)14-19(18)20)31-15-26(37)34-30-33-22-7-5-6-8-25(22)41-30/h5-8,10,12-14,20H,9,11,15H2,1-4H3,(H,31,36)(H,32,35)(H,33,34,37)/t20-/m0/s1. The van der Waals surface area contributed by atoms with Gasteiger partial charge in [0.2, 0.25) is 23.0 Å². The molecule has 1 aromatic heterocycles. The van der Waals surface area contributed by atoms with Gasteiger partial charge in [-0.05, 0) is 59.9 Å². The van der Waals surface area contributed by atoms with Crippen LogP contribution >= 0.6 is 11.3 Å². The number of aryl methyl sites for hydroxylation is 1. The summed E-state index contributed by atoms with van der Waals surface area (Å²) in [7, 11) is 4.64. The molecule has 11 heteroatoms. The maximum absolute atomic E-state index is 13.4. The number of benzene rings is 2. The third-order valence-corrected chi connectivity index (χ3v) is 7.85. The molecule has 2 amide bonds. The molecule has 0 unspecified atom stereocenters. The van der Waals surface area contributed by atoms with Gasteiger partial charge in [-0.3, -0.25) is 14.4 Å². The molecule has 4 aromatic rings. The fourth-order valence-electron chi connectivity index (χ4n) is 5.12. The molecule has 10 nitrogen and oxygen atoms in total. The number of fused-ring (bicyclic) bond motifs is 4. The van der Waals surface area contributed by atoms with Crippen LogP contribution in [-0.2, 0) is 16.0 Å². The Morgan fingerprint density at radius 1 is 1.02 bits per heavy atom. The largest absolute Gasteiger partial charge is 0.493 e. The molecule has 5 rings (SSSR count). The summed E-state index contributed by atoms with van der Waals surface area (Å²) in [6, 6.07) is 14.0. The van der Waals surface area contributed by atoms with Gasteiger partial charge in [0.25, 0.3) is 0 Å². The van der Waals surface area contributed by atoms with Crippen LogP contribution in [0.3, 0.4) is 0 Å². The molecule has 3 N–H and O–H groups in total. The second-order valence-electron chi connectivity index (χ2n) is 9.48. The number of para-hydroxylation sites is 1. The fraction of sp³-hybridized carbons (Fsp3) is 0.267. The minimum absolute atomic E-state index is 0.139. The van der Waals surface area contributed by atoms with E-state index in [4.69, 9.17) is 14.2 Å². The molecular weight excluding hydrogens is 544 g/mol. The van der Waals surface area contributed by atoms with Crippen molar-refractivity contribution in [3.05, 3.63) is 69.9 Å². The smallest absolute Gasteiger partial charge is 0.245 e. The maximum atomic E-state index is 13.4. The van der Waals surface area contributed by atoms with E-state index < -0.39 is 6.04 Å². The minimum Gasteiger partial charge on any atom is -0.493 e. The van der Waals surface area contributed by atoms with Crippen LogP contribution in [0, 0.1) is 0 Å². The predicted octanol–water partition coefficient (Wildman–Crippen LogP) is 4.52.